The first-order valence-electron chi connectivity index (χ1n) is 21.7. The lowest BCUT2D eigenvalue weighted by atomic mass is 9.98. The van der Waals surface area contributed by atoms with Crippen LogP contribution in [0.25, 0.3) is 105 Å². The van der Waals surface area contributed by atoms with E-state index in [0.717, 1.165) is 116 Å². The normalized spacial score (nSPS) is 11.8. The molecule has 0 saturated carbocycles. The molecule has 64 heavy (non-hydrogen) atoms. The van der Waals surface area contributed by atoms with Crippen molar-refractivity contribution in [3.8, 4) is 39.1 Å². The third-order valence-corrected chi connectivity index (χ3v) is 12.8. The number of anilines is 3. The lowest BCUT2D eigenvalue weighted by molar-refractivity contribution is 0.669. The fourth-order valence-electron chi connectivity index (χ4n) is 9.87. The van der Waals surface area contributed by atoms with Crippen molar-refractivity contribution in [2.75, 3.05) is 4.90 Å². The Morgan fingerprint density at radius 3 is 1.58 bits per heavy atom. The quantitative estimate of drug-likeness (QED) is 0.161. The predicted molar refractivity (Wildman–Crippen MR) is 266 cm³/mol. The van der Waals surface area contributed by atoms with Crippen LogP contribution in [0.5, 0.6) is 0 Å². The molecule has 10 aromatic carbocycles. The van der Waals surface area contributed by atoms with Crippen LogP contribution in [0.15, 0.2) is 239 Å². The Balaban J connectivity index is 1.11. The van der Waals surface area contributed by atoms with E-state index in [2.05, 4.69) is 234 Å². The molecule has 0 radical (unpaired) electrons. The lowest BCUT2D eigenvalue weighted by Crippen LogP contribution is -2.11. The van der Waals surface area contributed by atoms with Gasteiger partial charge in [0.1, 0.15) is 22.3 Å². The molecule has 3 heterocycles. The highest BCUT2D eigenvalue weighted by Crippen LogP contribution is 2.50. The molecule has 0 unspecified atom stereocenters. The molecule has 13 aromatic rings. The van der Waals surface area contributed by atoms with Crippen molar-refractivity contribution < 1.29 is 8.83 Å². The van der Waals surface area contributed by atoms with Crippen LogP contribution in [0, 0.1) is 0 Å². The monoisotopic (exact) mass is 818 g/mol. The Kier molecular flexibility index (Phi) is 8.18. The van der Waals surface area contributed by atoms with Gasteiger partial charge in [0.25, 0.3) is 0 Å². The summed E-state index contributed by atoms with van der Waals surface area (Å²) in [4.78, 5) is 2.42. The number of benzene rings is 10. The van der Waals surface area contributed by atoms with Crippen LogP contribution in [0.3, 0.4) is 0 Å². The Labute approximate surface area is 369 Å². The highest BCUT2D eigenvalue weighted by atomic mass is 16.3. The number of furan rings is 2. The number of nitrogens with zero attached hydrogens (tertiary/aromatic N) is 2. The minimum absolute atomic E-state index is 0.823. The lowest BCUT2D eigenvalue weighted by Gasteiger charge is -2.27. The van der Waals surface area contributed by atoms with E-state index in [9.17, 15) is 0 Å². The second kappa shape index (κ2) is 14.5. The molecule has 3 aromatic heterocycles. The van der Waals surface area contributed by atoms with Gasteiger partial charge in [-0.05, 0) is 107 Å². The molecule has 0 aliphatic carbocycles. The van der Waals surface area contributed by atoms with Gasteiger partial charge in [-0.3, -0.25) is 0 Å². The smallest absolute Gasteiger partial charge is 0.145 e. The Morgan fingerprint density at radius 1 is 0.328 bits per heavy atom. The van der Waals surface area contributed by atoms with Crippen molar-refractivity contribution in [3.63, 3.8) is 0 Å². The van der Waals surface area contributed by atoms with Crippen LogP contribution in [-0.4, -0.2) is 4.57 Å². The van der Waals surface area contributed by atoms with Crippen molar-refractivity contribution in [2.24, 2.45) is 0 Å². The molecule has 4 nitrogen and oxygen atoms in total. The summed E-state index contributed by atoms with van der Waals surface area (Å²) in [6.07, 6.45) is 0. The van der Waals surface area contributed by atoms with Gasteiger partial charge < -0.3 is 18.3 Å². The molecule has 0 N–H and O–H groups in total. The van der Waals surface area contributed by atoms with Crippen LogP contribution in [0.2, 0.25) is 0 Å². The second-order valence-electron chi connectivity index (χ2n) is 16.4. The molecular formula is C60H38N2O2. The van der Waals surface area contributed by atoms with Crippen LogP contribution in [0.4, 0.5) is 17.1 Å². The number of hydrogen-bond acceptors (Lipinski definition) is 3. The largest absolute Gasteiger partial charge is 0.456 e. The van der Waals surface area contributed by atoms with Gasteiger partial charge in [-0.2, -0.15) is 0 Å². The number of fused-ring (bicyclic) bond motifs is 9. The molecule has 0 bridgehead atoms. The van der Waals surface area contributed by atoms with E-state index in [-0.39, 0.29) is 0 Å². The van der Waals surface area contributed by atoms with E-state index in [4.69, 9.17) is 8.83 Å². The number of aromatic nitrogens is 1. The highest BCUT2D eigenvalue weighted by molar-refractivity contribution is 6.21. The standard InChI is InChI=1S/C60H38N2O2/c1-5-16-39(17-6-1)42-28-31-47-48-33-30-45(38-57(48)63-55(47)36-42)62(53-27-15-26-52-58(53)49-24-13-14-25-51(49)61(52)44-22-11-4-12-23-44)54-35-34-46(41-20-9-3-10-21-41)60-59(54)50-32-29-43(37-56(50)64-60)40-18-7-2-8-19-40/h1-38H. The molecule has 300 valence electrons. The summed E-state index contributed by atoms with van der Waals surface area (Å²) in [7, 11) is 0. The summed E-state index contributed by atoms with van der Waals surface area (Å²) in [6.45, 7) is 0. The summed E-state index contributed by atoms with van der Waals surface area (Å²) in [6, 6.07) is 82.0. The minimum Gasteiger partial charge on any atom is -0.456 e. The fourth-order valence-corrected chi connectivity index (χ4v) is 9.87. The van der Waals surface area contributed by atoms with Gasteiger partial charge in [-0.15, -0.1) is 0 Å². The molecule has 0 fully saturated rings. The number of hydrogen-bond donors (Lipinski definition) is 0. The van der Waals surface area contributed by atoms with Crippen molar-refractivity contribution in [3.05, 3.63) is 231 Å². The highest BCUT2D eigenvalue weighted by Gasteiger charge is 2.26. The Morgan fingerprint density at radius 2 is 0.875 bits per heavy atom. The van der Waals surface area contributed by atoms with Crippen molar-refractivity contribution in [1.29, 1.82) is 0 Å². The maximum atomic E-state index is 7.09. The first-order chi connectivity index (χ1) is 31.7. The minimum atomic E-state index is 0.823. The Hall–Kier alpha value is -8.60. The molecule has 0 aliphatic rings. The SMILES string of the molecule is c1ccc(-c2ccc3c(c2)oc2cc(N(c4ccc(-c5ccccc5)c5oc6cc(-c7ccccc7)ccc6c45)c4cccc5c4c4ccccc4n5-c4ccccc4)ccc23)cc1. The zero-order chi connectivity index (χ0) is 42.1. The predicted octanol–water partition coefficient (Wildman–Crippen LogP) is 17.1. The van der Waals surface area contributed by atoms with E-state index >= 15 is 0 Å². The number of rotatable bonds is 7. The van der Waals surface area contributed by atoms with E-state index in [1.54, 1.807) is 0 Å². The summed E-state index contributed by atoms with van der Waals surface area (Å²) in [5.41, 5.74) is 16.4. The first kappa shape index (κ1) is 36.1. The molecule has 4 heteroatoms. The maximum absolute atomic E-state index is 7.09. The summed E-state index contributed by atoms with van der Waals surface area (Å²) in [5.74, 6) is 0. The van der Waals surface area contributed by atoms with Crippen LogP contribution in [-0.2, 0) is 0 Å². The molecular weight excluding hydrogens is 781 g/mol. The van der Waals surface area contributed by atoms with E-state index < -0.39 is 0 Å². The Bertz CT molecular complexity index is 3880. The third kappa shape index (κ3) is 5.70. The molecule has 0 amide bonds. The maximum Gasteiger partial charge on any atom is 0.145 e. The molecule has 0 atom stereocenters. The van der Waals surface area contributed by atoms with Gasteiger partial charge in [-0.25, -0.2) is 0 Å². The van der Waals surface area contributed by atoms with Crippen LogP contribution in [0.1, 0.15) is 0 Å². The molecule has 0 spiro atoms. The van der Waals surface area contributed by atoms with Gasteiger partial charge in [-0.1, -0.05) is 146 Å². The van der Waals surface area contributed by atoms with Gasteiger partial charge in [0.05, 0.1) is 27.8 Å². The zero-order valence-corrected chi connectivity index (χ0v) is 34.7. The summed E-state index contributed by atoms with van der Waals surface area (Å²) >= 11 is 0. The van der Waals surface area contributed by atoms with E-state index in [0.29, 0.717) is 0 Å². The van der Waals surface area contributed by atoms with Crippen LogP contribution < -0.4 is 4.90 Å². The van der Waals surface area contributed by atoms with Crippen molar-refractivity contribution in [2.45, 2.75) is 0 Å². The number of para-hydroxylation sites is 2. The zero-order valence-electron chi connectivity index (χ0n) is 34.7. The summed E-state index contributed by atoms with van der Waals surface area (Å²) in [5, 5.41) is 6.57. The summed E-state index contributed by atoms with van der Waals surface area (Å²) < 4.78 is 16.3. The third-order valence-electron chi connectivity index (χ3n) is 12.8. The van der Waals surface area contributed by atoms with Gasteiger partial charge in [0.15, 0.2) is 0 Å². The van der Waals surface area contributed by atoms with Gasteiger partial charge in [0, 0.05) is 49.9 Å². The van der Waals surface area contributed by atoms with Crippen molar-refractivity contribution >= 4 is 82.7 Å². The fraction of sp³-hybridized carbons (Fsp3) is 0. The van der Waals surface area contributed by atoms with E-state index in [1.165, 1.54) is 5.39 Å². The first-order valence-corrected chi connectivity index (χ1v) is 21.7. The second-order valence-corrected chi connectivity index (χ2v) is 16.4. The van der Waals surface area contributed by atoms with Gasteiger partial charge >= 0.3 is 0 Å². The topological polar surface area (TPSA) is 34.5 Å². The van der Waals surface area contributed by atoms with E-state index in [1.807, 2.05) is 6.07 Å². The van der Waals surface area contributed by atoms with Gasteiger partial charge in [0.2, 0.25) is 0 Å². The van der Waals surface area contributed by atoms with Crippen molar-refractivity contribution in [1.82, 2.24) is 4.57 Å². The average molecular weight is 819 g/mol. The molecule has 0 saturated heterocycles. The molecule has 0 aliphatic heterocycles. The average Bonchev–Trinajstić information content (AvgIpc) is 4.05. The molecule has 13 rings (SSSR count). The van der Waals surface area contributed by atoms with Crippen LogP contribution >= 0.6 is 0 Å².